The average Bonchev–Trinajstić information content (AvgIpc) is 2.28. The molecule has 0 amide bonds. The molecule has 0 unspecified atom stereocenters. The molecule has 0 N–H and O–H groups in total. The van der Waals surface area contributed by atoms with E-state index in [1.165, 1.54) is 0 Å². The van der Waals surface area contributed by atoms with Crippen LogP contribution >= 0.6 is 0 Å². The van der Waals surface area contributed by atoms with Crippen molar-refractivity contribution in [3.63, 3.8) is 0 Å². The monoisotopic (exact) mass is 300 g/mol. The van der Waals surface area contributed by atoms with E-state index in [4.69, 9.17) is 4.43 Å². The van der Waals surface area contributed by atoms with Crippen molar-refractivity contribution < 1.29 is 9.22 Å². The van der Waals surface area contributed by atoms with Gasteiger partial charge in [0.2, 0.25) is 0 Å². The number of rotatable bonds is 10. The van der Waals surface area contributed by atoms with Gasteiger partial charge in [-0.25, -0.2) is 0 Å². The van der Waals surface area contributed by atoms with Crippen LogP contribution in [0.25, 0.3) is 0 Å². The molecule has 0 bridgehead atoms. The first-order valence-electron chi connectivity index (χ1n) is 8.25. The number of carbonyl (C=O) groups excluding carboxylic acids is 1. The minimum Gasteiger partial charge on any atom is -0.416 e. The SMILES string of the molecule is CC(C)[Si](OC[C@H](C)C[C@H](C)CC=O)(C(C)C)C(C)C. The van der Waals surface area contributed by atoms with Crippen LogP contribution in [0.3, 0.4) is 0 Å². The highest BCUT2D eigenvalue weighted by atomic mass is 28.4. The molecule has 0 aromatic heterocycles. The van der Waals surface area contributed by atoms with Crippen molar-refractivity contribution in [3.05, 3.63) is 0 Å². The van der Waals surface area contributed by atoms with E-state index in [2.05, 4.69) is 55.4 Å². The lowest BCUT2D eigenvalue weighted by atomic mass is 9.96. The lowest BCUT2D eigenvalue weighted by molar-refractivity contribution is -0.108. The summed E-state index contributed by atoms with van der Waals surface area (Å²) in [4.78, 5) is 10.6. The van der Waals surface area contributed by atoms with E-state index in [1.807, 2.05) is 0 Å². The Kier molecular flexibility index (Phi) is 8.92. The lowest BCUT2D eigenvalue weighted by Crippen LogP contribution is -2.48. The summed E-state index contributed by atoms with van der Waals surface area (Å²) in [6.07, 6.45) is 2.79. The molecule has 0 spiro atoms. The fraction of sp³-hybridized carbons (Fsp3) is 0.941. The second-order valence-electron chi connectivity index (χ2n) is 7.48. The van der Waals surface area contributed by atoms with Gasteiger partial charge in [-0.1, -0.05) is 55.4 Å². The molecule has 2 nitrogen and oxygen atoms in total. The summed E-state index contributed by atoms with van der Waals surface area (Å²) < 4.78 is 6.61. The van der Waals surface area contributed by atoms with Crippen molar-refractivity contribution in [1.29, 1.82) is 0 Å². The van der Waals surface area contributed by atoms with E-state index in [0.29, 0.717) is 34.9 Å². The number of hydrogen-bond acceptors (Lipinski definition) is 2. The van der Waals surface area contributed by atoms with E-state index in [0.717, 1.165) is 19.3 Å². The molecule has 0 radical (unpaired) electrons. The van der Waals surface area contributed by atoms with Crippen LogP contribution in [0.4, 0.5) is 0 Å². The number of aldehydes is 1. The molecular weight excluding hydrogens is 264 g/mol. The standard InChI is InChI=1S/C17H36O2Si/c1-13(2)20(14(3)4,15(5)6)19-12-17(8)11-16(7)9-10-18/h10,13-17H,9,11-12H2,1-8H3/t16-,17-/m1/s1. The van der Waals surface area contributed by atoms with E-state index < -0.39 is 8.32 Å². The maximum atomic E-state index is 10.6. The Labute approximate surface area is 127 Å². The molecule has 0 saturated carbocycles. The Morgan fingerprint density at radius 2 is 1.30 bits per heavy atom. The third-order valence-electron chi connectivity index (χ3n) is 4.63. The van der Waals surface area contributed by atoms with Crippen molar-refractivity contribution >= 4 is 14.6 Å². The van der Waals surface area contributed by atoms with Crippen molar-refractivity contribution in [2.45, 2.75) is 84.9 Å². The first-order valence-corrected chi connectivity index (χ1v) is 10.4. The molecule has 0 fully saturated rings. The zero-order valence-corrected chi connectivity index (χ0v) is 15.9. The third-order valence-corrected chi connectivity index (χ3v) is 10.7. The largest absolute Gasteiger partial charge is 0.416 e. The molecule has 0 rings (SSSR count). The van der Waals surface area contributed by atoms with Crippen LogP contribution in [-0.4, -0.2) is 21.2 Å². The number of carbonyl (C=O) groups is 1. The molecule has 0 aliphatic carbocycles. The zero-order chi connectivity index (χ0) is 15.9. The first-order chi connectivity index (χ1) is 9.18. The van der Waals surface area contributed by atoms with Gasteiger partial charge in [0.25, 0.3) is 0 Å². The van der Waals surface area contributed by atoms with Crippen LogP contribution in [0.5, 0.6) is 0 Å². The minimum absolute atomic E-state index is 0.472. The summed E-state index contributed by atoms with van der Waals surface area (Å²) in [7, 11) is -1.73. The van der Waals surface area contributed by atoms with Gasteiger partial charge in [0, 0.05) is 13.0 Å². The van der Waals surface area contributed by atoms with Gasteiger partial charge in [0.1, 0.15) is 6.29 Å². The van der Waals surface area contributed by atoms with Gasteiger partial charge >= 0.3 is 0 Å². The van der Waals surface area contributed by atoms with Crippen molar-refractivity contribution in [1.82, 2.24) is 0 Å². The molecule has 0 aromatic rings. The maximum absolute atomic E-state index is 10.6. The third kappa shape index (κ3) is 5.32. The Morgan fingerprint density at radius 1 is 0.850 bits per heavy atom. The highest BCUT2D eigenvalue weighted by Crippen LogP contribution is 2.42. The van der Waals surface area contributed by atoms with Crippen LogP contribution in [0, 0.1) is 11.8 Å². The summed E-state index contributed by atoms with van der Waals surface area (Å²) in [5.41, 5.74) is 1.92. The highest BCUT2D eigenvalue weighted by Gasteiger charge is 2.45. The van der Waals surface area contributed by atoms with Gasteiger partial charge in [-0.3, -0.25) is 0 Å². The van der Waals surface area contributed by atoms with Crippen molar-refractivity contribution in [2.24, 2.45) is 11.8 Å². The van der Waals surface area contributed by atoms with E-state index in [9.17, 15) is 4.79 Å². The second kappa shape index (κ2) is 8.99. The van der Waals surface area contributed by atoms with Gasteiger partial charge in [0.05, 0.1) is 0 Å². The van der Waals surface area contributed by atoms with Crippen molar-refractivity contribution in [3.8, 4) is 0 Å². The molecule has 0 heterocycles. The Balaban J connectivity index is 4.65. The summed E-state index contributed by atoms with van der Waals surface area (Å²) in [5, 5.41) is 0. The van der Waals surface area contributed by atoms with Crippen molar-refractivity contribution in [2.75, 3.05) is 6.61 Å². The fourth-order valence-electron chi connectivity index (χ4n) is 3.80. The fourth-order valence-corrected chi connectivity index (χ4v) is 9.38. The predicted octanol–water partition coefficient (Wildman–Crippen LogP) is 5.43. The topological polar surface area (TPSA) is 26.3 Å². The minimum atomic E-state index is -1.73. The molecule has 0 aliphatic heterocycles. The van der Waals surface area contributed by atoms with Gasteiger partial charge in [-0.05, 0) is 34.9 Å². The molecular formula is C17H36O2Si. The second-order valence-corrected chi connectivity index (χ2v) is 12.9. The van der Waals surface area contributed by atoms with Crippen LogP contribution < -0.4 is 0 Å². The average molecular weight is 301 g/mol. The quantitative estimate of drug-likeness (QED) is 0.397. The molecule has 0 aromatic carbocycles. The first kappa shape index (κ1) is 19.8. The molecule has 120 valence electrons. The maximum Gasteiger partial charge on any atom is 0.200 e. The van der Waals surface area contributed by atoms with Gasteiger partial charge < -0.3 is 9.22 Å². The predicted molar refractivity (Wildman–Crippen MR) is 90.6 cm³/mol. The highest BCUT2D eigenvalue weighted by molar-refractivity contribution is 6.77. The Bertz CT molecular complexity index is 252. The lowest BCUT2D eigenvalue weighted by Gasteiger charge is -2.43. The van der Waals surface area contributed by atoms with Crippen LogP contribution in [0.1, 0.15) is 68.2 Å². The smallest absolute Gasteiger partial charge is 0.200 e. The Hall–Kier alpha value is -0.153. The zero-order valence-electron chi connectivity index (χ0n) is 14.9. The Morgan fingerprint density at radius 3 is 1.65 bits per heavy atom. The summed E-state index contributed by atoms with van der Waals surface area (Å²) in [6, 6.07) is 0. The van der Waals surface area contributed by atoms with Crippen LogP contribution in [0.15, 0.2) is 0 Å². The molecule has 0 saturated heterocycles. The van der Waals surface area contributed by atoms with Gasteiger partial charge in [-0.2, -0.15) is 0 Å². The number of hydrogen-bond donors (Lipinski definition) is 0. The normalized spacial score (nSPS) is 15.9. The van der Waals surface area contributed by atoms with E-state index >= 15 is 0 Å². The summed E-state index contributed by atoms with van der Waals surface area (Å²) in [6.45, 7) is 19.2. The molecule has 2 atom stereocenters. The molecule has 20 heavy (non-hydrogen) atoms. The van der Waals surface area contributed by atoms with Crippen LogP contribution in [-0.2, 0) is 9.22 Å². The van der Waals surface area contributed by atoms with E-state index in [-0.39, 0.29) is 0 Å². The van der Waals surface area contributed by atoms with Gasteiger partial charge in [0.15, 0.2) is 8.32 Å². The van der Waals surface area contributed by atoms with E-state index in [1.54, 1.807) is 0 Å². The molecule has 3 heteroatoms. The van der Waals surface area contributed by atoms with Gasteiger partial charge in [-0.15, -0.1) is 0 Å². The summed E-state index contributed by atoms with van der Waals surface area (Å²) in [5.74, 6) is 1.01. The van der Waals surface area contributed by atoms with Crippen LogP contribution in [0.2, 0.25) is 16.6 Å². The molecule has 0 aliphatic rings. The summed E-state index contributed by atoms with van der Waals surface area (Å²) >= 11 is 0.